The second kappa shape index (κ2) is 8.10. The zero-order chi connectivity index (χ0) is 20.2. The number of benzene rings is 3. The number of pyridine rings is 1. The molecule has 29 heavy (non-hydrogen) atoms. The molecule has 0 spiro atoms. The molecule has 0 atom stereocenters. The van der Waals surface area contributed by atoms with Gasteiger partial charge in [-0.3, -0.25) is 4.79 Å². The van der Waals surface area contributed by atoms with E-state index in [1.165, 1.54) is 12.1 Å². The smallest absolute Gasteiger partial charge is 0.256 e. The summed E-state index contributed by atoms with van der Waals surface area (Å²) in [7, 11) is 0. The van der Waals surface area contributed by atoms with E-state index < -0.39 is 5.82 Å². The van der Waals surface area contributed by atoms with Gasteiger partial charge in [0.25, 0.3) is 5.91 Å². The Morgan fingerprint density at radius 3 is 2.55 bits per heavy atom. The van der Waals surface area contributed by atoms with Crippen molar-refractivity contribution < 1.29 is 13.9 Å². The summed E-state index contributed by atoms with van der Waals surface area (Å²) in [6, 6.07) is 22.6. The minimum Gasteiger partial charge on any atom is -0.494 e. The minimum absolute atomic E-state index is 0.318. The highest BCUT2D eigenvalue weighted by Crippen LogP contribution is 2.27. The Hall–Kier alpha value is -3.73. The third-order valence-electron chi connectivity index (χ3n) is 4.50. The molecule has 1 amide bonds. The molecule has 1 heterocycles. The molecule has 0 radical (unpaired) electrons. The SMILES string of the molecule is CCOc1ccc(-c2cc(C(=O)Nc3cccc(F)c3)c3ccccc3n2)cc1. The Kier molecular flexibility index (Phi) is 5.20. The van der Waals surface area contributed by atoms with E-state index in [4.69, 9.17) is 9.72 Å². The maximum atomic E-state index is 13.5. The van der Waals surface area contributed by atoms with Crippen molar-refractivity contribution in [3.8, 4) is 17.0 Å². The Labute approximate surface area is 168 Å². The van der Waals surface area contributed by atoms with Crippen LogP contribution in [-0.2, 0) is 0 Å². The van der Waals surface area contributed by atoms with Gasteiger partial charge in [-0.2, -0.15) is 0 Å². The topological polar surface area (TPSA) is 51.2 Å². The summed E-state index contributed by atoms with van der Waals surface area (Å²) < 4.78 is 19.0. The van der Waals surface area contributed by atoms with Crippen molar-refractivity contribution in [3.05, 3.63) is 90.2 Å². The van der Waals surface area contributed by atoms with Gasteiger partial charge in [-0.05, 0) is 61.5 Å². The van der Waals surface area contributed by atoms with Gasteiger partial charge in [0.2, 0.25) is 0 Å². The molecule has 144 valence electrons. The Morgan fingerprint density at radius 2 is 1.79 bits per heavy atom. The molecule has 0 saturated carbocycles. The second-order valence-electron chi connectivity index (χ2n) is 6.49. The van der Waals surface area contributed by atoms with Crippen molar-refractivity contribution in [3.63, 3.8) is 0 Å². The number of amides is 1. The molecular weight excluding hydrogens is 367 g/mol. The standard InChI is InChI=1S/C24H19FN2O2/c1-2-29-19-12-10-16(11-13-19)23-15-21(20-8-3-4-9-22(20)27-23)24(28)26-18-7-5-6-17(25)14-18/h3-15H,2H2,1H3,(H,26,28). The second-order valence-corrected chi connectivity index (χ2v) is 6.49. The van der Waals surface area contributed by atoms with Gasteiger partial charge < -0.3 is 10.1 Å². The molecule has 0 aliphatic rings. The quantitative estimate of drug-likeness (QED) is 0.479. The molecule has 0 fully saturated rings. The molecule has 4 aromatic rings. The summed E-state index contributed by atoms with van der Waals surface area (Å²) in [4.78, 5) is 17.7. The maximum Gasteiger partial charge on any atom is 0.256 e. The molecule has 0 unspecified atom stereocenters. The van der Waals surface area contributed by atoms with E-state index in [2.05, 4.69) is 5.32 Å². The van der Waals surface area contributed by atoms with Crippen molar-refractivity contribution in [2.24, 2.45) is 0 Å². The van der Waals surface area contributed by atoms with Crippen molar-refractivity contribution in [1.29, 1.82) is 0 Å². The number of nitrogens with zero attached hydrogens (tertiary/aromatic N) is 1. The largest absolute Gasteiger partial charge is 0.494 e. The summed E-state index contributed by atoms with van der Waals surface area (Å²) in [5, 5.41) is 3.50. The van der Waals surface area contributed by atoms with Gasteiger partial charge in [-0.1, -0.05) is 24.3 Å². The molecular formula is C24H19FN2O2. The average molecular weight is 386 g/mol. The van der Waals surface area contributed by atoms with Gasteiger partial charge in [-0.25, -0.2) is 9.37 Å². The fraction of sp³-hybridized carbons (Fsp3) is 0.0833. The van der Waals surface area contributed by atoms with Crippen molar-refractivity contribution in [2.45, 2.75) is 6.92 Å². The zero-order valence-electron chi connectivity index (χ0n) is 15.9. The van der Waals surface area contributed by atoms with Gasteiger partial charge in [0.05, 0.1) is 23.4 Å². The Morgan fingerprint density at radius 1 is 1.00 bits per heavy atom. The lowest BCUT2D eigenvalue weighted by atomic mass is 10.0. The summed E-state index contributed by atoms with van der Waals surface area (Å²) in [6.07, 6.45) is 0. The van der Waals surface area contributed by atoms with E-state index in [-0.39, 0.29) is 5.91 Å². The fourth-order valence-electron chi connectivity index (χ4n) is 3.16. The van der Waals surface area contributed by atoms with Crippen LogP contribution in [-0.4, -0.2) is 17.5 Å². The van der Waals surface area contributed by atoms with Crippen LogP contribution in [0.4, 0.5) is 10.1 Å². The normalized spacial score (nSPS) is 10.7. The monoisotopic (exact) mass is 386 g/mol. The van der Waals surface area contributed by atoms with Crippen LogP contribution in [0.1, 0.15) is 17.3 Å². The number of fused-ring (bicyclic) bond motifs is 1. The summed E-state index contributed by atoms with van der Waals surface area (Å²) in [6.45, 7) is 2.53. The molecule has 0 aliphatic heterocycles. The minimum atomic E-state index is -0.405. The van der Waals surface area contributed by atoms with Gasteiger partial charge >= 0.3 is 0 Å². The first-order valence-electron chi connectivity index (χ1n) is 9.34. The summed E-state index contributed by atoms with van der Waals surface area (Å²) in [5.74, 6) is 0.0555. The number of nitrogens with one attached hydrogen (secondary N) is 1. The first-order chi connectivity index (χ1) is 14.1. The van der Waals surface area contributed by atoms with Crippen LogP contribution in [0.5, 0.6) is 5.75 Å². The number of halogens is 1. The van der Waals surface area contributed by atoms with Crippen LogP contribution in [0.25, 0.3) is 22.2 Å². The van der Waals surface area contributed by atoms with Gasteiger partial charge in [0, 0.05) is 16.6 Å². The highest BCUT2D eigenvalue weighted by Gasteiger charge is 2.14. The molecule has 1 aromatic heterocycles. The third-order valence-corrected chi connectivity index (χ3v) is 4.50. The van der Waals surface area contributed by atoms with E-state index in [1.54, 1.807) is 18.2 Å². The molecule has 3 aromatic carbocycles. The molecule has 1 N–H and O–H groups in total. The van der Waals surface area contributed by atoms with E-state index >= 15 is 0 Å². The molecule has 0 aliphatic carbocycles. The lowest BCUT2D eigenvalue weighted by molar-refractivity contribution is 0.102. The van der Waals surface area contributed by atoms with Crippen molar-refractivity contribution in [2.75, 3.05) is 11.9 Å². The highest BCUT2D eigenvalue weighted by molar-refractivity contribution is 6.13. The first kappa shape index (κ1) is 18.6. The van der Waals surface area contributed by atoms with E-state index in [0.717, 1.165) is 16.7 Å². The first-order valence-corrected chi connectivity index (χ1v) is 9.34. The van der Waals surface area contributed by atoms with Crippen molar-refractivity contribution in [1.82, 2.24) is 4.98 Å². The van der Waals surface area contributed by atoms with Crippen LogP contribution in [0.3, 0.4) is 0 Å². The highest BCUT2D eigenvalue weighted by atomic mass is 19.1. The predicted molar refractivity (Wildman–Crippen MR) is 113 cm³/mol. The van der Waals surface area contributed by atoms with Crippen LogP contribution >= 0.6 is 0 Å². The molecule has 4 rings (SSSR count). The number of anilines is 1. The van der Waals surface area contributed by atoms with Gasteiger partial charge in [0.1, 0.15) is 11.6 Å². The average Bonchev–Trinajstić information content (AvgIpc) is 2.74. The number of rotatable bonds is 5. The third kappa shape index (κ3) is 4.09. The van der Waals surface area contributed by atoms with Crippen LogP contribution in [0.2, 0.25) is 0 Å². The molecule has 0 bridgehead atoms. The Balaban J connectivity index is 1.75. The molecule has 4 nitrogen and oxygen atoms in total. The summed E-state index contributed by atoms with van der Waals surface area (Å²) in [5.41, 5.74) is 3.14. The summed E-state index contributed by atoms with van der Waals surface area (Å²) >= 11 is 0. The van der Waals surface area contributed by atoms with E-state index in [0.29, 0.717) is 29.1 Å². The predicted octanol–water partition coefficient (Wildman–Crippen LogP) is 5.69. The fourth-order valence-corrected chi connectivity index (χ4v) is 3.16. The van der Waals surface area contributed by atoms with E-state index in [1.807, 2.05) is 55.5 Å². The Bertz CT molecular complexity index is 1170. The number of para-hydroxylation sites is 1. The lowest BCUT2D eigenvalue weighted by Gasteiger charge is -2.11. The van der Waals surface area contributed by atoms with Crippen LogP contribution in [0, 0.1) is 5.82 Å². The number of carbonyl (C=O) groups is 1. The number of hydrogen-bond donors (Lipinski definition) is 1. The van der Waals surface area contributed by atoms with Crippen LogP contribution < -0.4 is 10.1 Å². The van der Waals surface area contributed by atoms with Crippen molar-refractivity contribution >= 4 is 22.5 Å². The number of hydrogen-bond acceptors (Lipinski definition) is 3. The number of ether oxygens (including phenoxy) is 1. The maximum absolute atomic E-state index is 13.5. The van der Waals surface area contributed by atoms with Crippen LogP contribution in [0.15, 0.2) is 78.9 Å². The van der Waals surface area contributed by atoms with Gasteiger partial charge in [0.15, 0.2) is 0 Å². The zero-order valence-corrected chi connectivity index (χ0v) is 15.9. The molecule has 0 saturated heterocycles. The number of aromatic nitrogens is 1. The van der Waals surface area contributed by atoms with Gasteiger partial charge in [-0.15, -0.1) is 0 Å². The van der Waals surface area contributed by atoms with E-state index in [9.17, 15) is 9.18 Å². The molecule has 5 heteroatoms. The lowest BCUT2D eigenvalue weighted by Crippen LogP contribution is -2.13. The number of carbonyl (C=O) groups excluding carboxylic acids is 1.